The Morgan fingerprint density at radius 1 is 1.22 bits per heavy atom. The molecule has 2 rings (SSSR count). The van der Waals surface area contributed by atoms with Gasteiger partial charge < -0.3 is 10.5 Å². The van der Waals surface area contributed by atoms with Crippen molar-refractivity contribution in [3.05, 3.63) is 35.9 Å². The van der Waals surface area contributed by atoms with Crippen LogP contribution in [0.2, 0.25) is 0 Å². The van der Waals surface area contributed by atoms with Crippen LogP contribution in [-0.4, -0.2) is 12.0 Å². The first kappa shape index (κ1) is 13.1. The molecule has 0 aliphatic heterocycles. The third-order valence-electron chi connectivity index (χ3n) is 3.67. The number of nitrogens with two attached hydrogens (primary N) is 1. The molecule has 3 heteroatoms. The van der Waals surface area contributed by atoms with Crippen LogP contribution < -0.4 is 5.73 Å². The molecule has 2 N–H and O–H groups in total. The lowest BCUT2D eigenvalue weighted by Crippen LogP contribution is -2.31. The zero-order valence-corrected chi connectivity index (χ0v) is 10.8. The SMILES string of the molecule is C[C@H](OC(=O)C1CCC(N)CC1)c1ccccc1. The summed E-state index contributed by atoms with van der Waals surface area (Å²) in [6.45, 7) is 1.92. The fraction of sp³-hybridized carbons (Fsp3) is 0.533. The molecule has 1 aromatic rings. The Morgan fingerprint density at radius 2 is 1.83 bits per heavy atom. The molecule has 0 unspecified atom stereocenters. The number of ether oxygens (including phenoxy) is 1. The molecule has 3 nitrogen and oxygen atoms in total. The van der Waals surface area contributed by atoms with Gasteiger partial charge in [0, 0.05) is 6.04 Å². The third-order valence-corrected chi connectivity index (χ3v) is 3.67. The molecule has 0 bridgehead atoms. The van der Waals surface area contributed by atoms with Gasteiger partial charge in [-0.1, -0.05) is 30.3 Å². The van der Waals surface area contributed by atoms with Crippen LogP contribution in [0, 0.1) is 5.92 Å². The minimum atomic E-state index is -0.172. The molecule has 1 fully saturated rings. The third kappa shape index (κ3) is 3.33. The van der Waals surface area contributed by atoms with Gasteiger partial charge in [-0.15, -0.1) is 0 Å². The van der Waals surface area contributed by atoms with Gasteiger partial charge in [0.1, 0.15) is 6.10 Å². The van der Waals surface area contributed by atoms with Gasteiger partial charge in [0.15, 0.2) is 0 Å². The molecule has 1 aliphatic carbocycles. The second-order valence-electron chi connectivity index (χ2n) is 5.10. The monoisotopic (exact) mass is 247 g/mol. The van der Waals surface area contributed by atoms with Gasteiger partial charge in [-0.2, -0.15) is 0 Å². The number of hydrogen-bond donors (Lipinski definition) is 1. The standard InChI is InChI=1S/C15H21NO2/c1-11(12-5-3-2-4-6-12)18-15(17)13-7-9-14(16)10-8-13/h2-6,11,13-14H,7-10,16H2,1H3/t11-,13?,14?/m0/s1. The van der Waals surface area contributed by atoms with E-state index in [1.807, 2.05) is 37.3 Å². The van der Waals surface area contributed by atoms with E-state index in [4.69, 9.17) is 10.5 Å². The summed E-state index contributed by atoms with van der Waals surface area (Å²) in [5, 5.41) is 0. The maximum atomic E-state index is 12.0. The average molecular weight is 247 g/mol. The zero-order valence-electron chi connectivity index (χ0n) is 10.8. The topological polar surface area (TPSA) is 52.3 Å². The van der Waals surface area contributed by atoms with Gasteiger partial charge in [0.25, 0.3) is 0 Å². The zero-order chi connectivity index (χ0) is 13.0. The summed E-state index contributed by atoms with van der Waals surface area (Å²) < 4.78 is 5.53. The lowest BCUT2D eigenvalue weighted by atomic mass is 9.86. The fourth-order valence-electron chi connectivity index (χ4n) is 2.42. The molecular weight excluding hydrogens is 226 g/mol. The summed E-state index contributed by atoms with van der Waals surface area (Å²) in [7, 11) is 0. The summed E-state index contributed by atoms with van der Waals surface area (Å²) >= 11 is 0. The van der Waals surface area contributed by atoms with Crippen LogP contribution in [0.5, 0.6) is 0 Å². The number of esters is 1. The maximum Gasteiger partial charge on any atom is 0.309 e. The summed E-state index contributed by atoms with van der Waals surface area (Å²) in [5.74, 6) is -0.0331. The minimum Gasteiger partial charge on any atom is -0.458 e. The summed E-state index contributed by atoms with van der Waals surface area (Å²) in [5.41, 5.74) is 6.88. The van der Waals surface area contributed by atoms with Gasteiger partial charge in [0.2, 0.25) is 0 Å². The van der Waals surface area contributed by atoms with Gasteiger partial charge >= 0.3 is 5.97 Å². The molecule has 98 valence electrons. The van der Waals surface area contributed by atoms with Crippen LogP contribution in [0.1, 0.15) is 44.3 Å². The maximum absolute atomic E-state index is 12.0. The first-order chi connectivity index (χ1) is 8.66. The van der Waals surface area contributed by atoms with Crippen molar-refractivity contribution in [3.8, 4) is 0 Å². The van der Waals surface area contributed by atoms with E-state index in [2.05, 4.69) is 0 Å². The Morgan fingerprint density at radius 3 is 2.44 bits per heavy atom. The molecule has 1 aromatic carbocycles. The molecule has 0 heterocycles. The van der Waals surface area contributed by atoms with Crippen molar-refractivity contribution in [2.45, 2.75) is 44.8 Å². The molecule has 0 spiro atoms. The molecule has 0 saturated heterocycles. The van der Waals surface area contributed by atoms with E-state index < -0.39 is 0 Å². The molecule has 0 amide bonds. The average Bonchev–Trinajstić information content (AvgIpc) is 2.40. The largest absolute Gasteiger partial charge is 0.458 e. The van der Waals surface area contributed by atoms with Crippen molar-refractivity contribution in [3.63, 3.8) is 0 Å². The van der Waals surface area contributed by atoms with Crippen molar-refractivity contribution >= 4 is 5.97 Å². The molecule has 1 aliphatic rings. The fourth-order valence-corrected chi connectivity index (χ4v) is 2.42. The van der Waals surface area contributed by atoms with E-state index in [0.29, 0.717) is 0 Å². The minimum absolute atomic E-state index is 0.0379. The quantitative estimate of drug-likeness (QED) is 0.836. The number of rotatable bonds is 3. The molecule has 0 radical (unpaired) electrons. The van der Waals surface area contributed by atoms with Crippen molar-refractivity contribution in [1.82, 2.24) is 0 Å². The number of benzene rings is 1. The van der Waals surface area contributed by atoms with Crippen LogP contribution in [0.15, 0.2) is 30.3 Å². The Labute approximate surface area is 108 Å². The summed E-state index contributed by atoms with van der Waals surface area (Å²) in [6, 6.07) is 10.1. The van der Waals surface area contributed by atoms with Crippen LogP contribution in [-0.2, 0) is 9.53 Å². The van der Waals surface area contributed by atoms with Crippen molar-refractivity contribution in [2.75, 3.05) is 0 Å². The number of hydrogen-bond acceptors (Lipinski definition) is 3. The molecule has 1 saturated carbocycles. The normalized spacial score (nSPS) is 25.4. The van der Waals surface area contributed by atoms with Gasteiger partial charge in [-0.05, 0) is 38.2 Å². The van der Waals surface area contributed by atoms with Gasteiger partial charge in [-0.3, -0.25) is 4.79 Å². The highest BCUT2D eigenvalue weighted by Crippen LogP contribution is 2.26. The van der Waals surface area contributed by atoms with E-state index in [1.54, 1.807) is 0 Å². The van der Waals surface area contributed by atoms with Crippen LogP contribution >= 0.6 is 0 Å². The van der Waals surface area contributed by atoms with Crippen LogP contribution in [0.25, 0.3) is 0 Å². The lowest BCUT2D eigenvalue weighted by Gasteiger charge is -2.25. The Balaban J connectivity index is 1.87. The van der Waals surface area contributed by atoms with Gasteiger partial charge in [-0.25, -0.2) is 0 Å². The highest BCUT2D eigenvalue weighted by atomic mass is 16.5. The Kier molecular flexibility index (Phi) is 4.37. The van der Waals surface area contributed by atoms with E-state index in [-0.39, 0.29) is 24.0 Å². The lowest BCUT2D eigenvalue weighted by molar-refractivity contribution is -0.154. The van der Waals surface area contributed by atoms with E-state index in [1.165, 1.54) is 0 Å². The first-order valence-electron chi connectivity index (χ1n) is 6.68. The van der Waals surface area contributed by atoms with Crippen molar-refractivity contribution in [2.24, 2.45) is 11.7 Å². The molecular formula is C15H21NO2. The van der Waals surface area contributed by atoms with E-state index >= 15 is 0 Å². The molecule has 18 heavy (non-hydrogen) atoms. The summed E-state index contributed by atoms with van der Waals surface area (Å²) in [6.07, 6.45) is 3.41. The highest BCUT2D eigenvalue weighted by Gasteiger charge is 2.27. The smallest absolute Gasteiger partial charge is 0.309 e. The second kappa shape index (κ2) is 6.01. The molecule has 0 aromatic heterocycles. The van der Waals surface area contributed by atoms with Crippen LogP contribution in [0.3, 0.4) is 0 Å². The van der Waals surface area contributed by atoms with Crippen molar-refractivity contribution < 1.29 is 9.53 Å². The first-order valence-corrected chi connectivity index (χ1v) is 6.68. The predicted octanol–water partition coefficient (Wildman–Crippen LogP) is 2.81. The van der Waals surface area contributed by atoms with Crippen molar-refractivity contribution in [1.29, 1.82) is 0 Å². The Hall–Kier alpha value is -1.35. The summed E-state index contributed by atoms with van der Waals surface area (Å²) in [4.78, 5) is 12.0. The number of carbonyl (C=O) groups is 1. The Bertz CT molecular complexity index is 383. The van der Waals surface area contributed by atoms with E-state index in [9.17, 15) is 4.79 Å². The number of carbonyl (C=O) groups excluding carboxylic acids is 1. The van der Waals surface area contributed by atoms with Gasteiger partial charge in [0.05, 0.1) is 5.92 Å². The second-order valence-corrected chi connectivity index (χ2v) is 5.10. The van der Waals surface area contributed by atoms with Crippen LogP contribution in [0.4, 0.5) is 0 Å². The highest BCUT2D eigenvalue weighted by molar-refractivity contribution is 5.72. The predicted molar refractivity (Wildman–Crippen MR) is 70.9 cm³/mol. The van der Waals surface area contributed by atoms with E-state index in [0.717, 1.165) is 31.2 Å². The molecule has 1 atom stereocenters.